The number of benzene rings is 1. The molecule has 1 aromatic carbocycles. The topological polar surface area (TPSA) is 58.0 Å². The number of nitrogens with one attached hydrogen (secondary N) is 2. The van der Waals surface area contributed by atoms with E-state index in [0.29, 0.717) is 13.1 Å². The molecular formula is C19H17BrFN5. The van der Waals surface area contributed by atoms with E-state index in [0.717, 1.165) is 38.3 Å². The van der Waals surface area contributed by atoms with Crippen LogP contribution in [0.4, 0.5) is 4.39 Å². The van der Waals surface area contributed by atoms with Crippen molar-refractivity contribution in [3.63, 3.8) is 0 Å². The highest BCUT2D eigenvalue weighted by molar-refractivity contribution is 9.10. The first-order valence-electron chi connectivity index (χ1n) is 8.24. The SMILES string of the molecule is Cc1ccc2nc(-c3ccc(F)cc3)c(CNCc3[nH]ncc3Br)n2c1. The van der Waals surface area contributed by atoms with Gasteiger partial charge in [-0.05, 0) is 58.7 Å². The molecule has 4 rings (SSSR count). The summed E-state index contributed by atoms with van der Waals surface area (Å²) in [5, 5.41) is 10.4. The fourth-order valence-corrected chi connectivity index (χ4v) is 3.27. The standard InChI is InChI=1S/C19H17BrFN5/c1-12-2-7-18-24-19(13-3-5-14(21)6-4-13)17(26(18)11-12)10-22-9-16-15(20)8-23-25-16/h2-8,11,22H,9-10H2,1H3,(H,23,25). The predicted molar refractivity (Wildman–Crippen MR) is 102 cm³/mol. The Morgan fingerprint density at radius 1 is 1.15 bits per heavy atom. The molecule has 132 valence electrons. The summed E-state index contributed by atoms with van der Waals surface area (Å²) in [6, 6.07) is 10.5. The zero-order valence-corrected chi connectivity index (χ0v) is 15.7. The normalized spacial score (nSPS) is 11.3. The second-order valence-electron chi connectivity index (χ2n) is 6.15. The number of aromatic amines is 1. The largest absolute Gasteiger partial charge is 0.305 e. The number of imidazole rings is 1. The van der Waals surface area contributed by atoms with Crippen molar-refractivity contribution in [3.8, 4) is 11.3 Å². The van der Waals surface area contributed by atoms with Crippen molar-refractivity contribution in [2.75, 3.05) is 0 Å². The number of hydrogen-bond acceptors (Lipinski definition) is 3. The van der Waals surface area contributed by atoms with Gasteiger partial charge in [0.05, 0.1) is 27.8 Å². The Kier molecular flexibility index (Phi) is 4.57. The molecule has 0 unspecified atom stereocenters. The molecule has 0 aliphatic rings. The summed E-state index contributed by atoms with van der Waals surface area (Å²) in [4.78, 5) is 4.76. The second-order valence-corrected chi connectivity index (χ2v) is 7.00. The number of H-pyrrole nitrogens is 1. The van der Waals surface area contributed by atoms with E-state index in [2.05, 4.69) is 49.0 Å². The molecule has 0 saturated heterocycles. The maximum atomic E-state index is 13.3. The van der Waals surface area contributed by atoms with Gasteiger partial charge in [0, 0.05) is 24.8 Å². The van der Waals surface area contributed by atoms with Crippen molar-refractivity contribution in [2.24, 2.45) is 0 Å². The van der Waals surface area contributed by atoms with E-state index in [4.69, 9.17) is 4.98 Å². The lowest BCUT2D eigenvalue weighted by molar-refractivity contribution is 0.628. The van der Waals surface area contributed by atoms with E-state index in [1.54, 1.807) is 18.3 Å². The van der Waals surface area contributed by atoms with Crippen LogP contribution in [0.1, 0.15) is 17.0 Å². The number of halogens is 2. The van der Waals surface area contributed by atoms with Crippen LogP contribution in [0.5, 0.6) is 0 Å². The third-order valence-electron chi connectivity index (χ3n) is 4.24. The lowest BCUT2D eigenvalue weighted by Crippen LogP contribution is -2.15. The molecule has 26 heavy (non-hydrogen) atoms. The zero-order valence-electron chi connectivity index (χ0n) is 14.1. The molecule has 0 bridgehead atoms. The summed E-state index contributed by atoms with van der Waals surface area (Å²) in [6.45, 7) is 3.31. The van der Waals surface area contributed by atoms with Crippen molar-refractivity contribution in [1.29, 1.82) is 0 Å². The van der Waals surface area contributed by atoms with Gasteiger partial charge >= 0.3 is 0 Å². The molecule has 0 spiro atoms. The highest BCUT2D eigenvalue weighted by atomic mass is 79.9. The van der Waals surface area contributed by atoms with Crippen LogP contribution in [0.15, 0.2) is 53.3 Å². The number of aryl methyl sites for hydroxylation is 1. The molecule has 0 aliphatic carbocycles. The first-order valence-corrected chi connectivity index (χ1v) is 9.03. The molecule has 0 amide bonds. The number of pyridine rings is 1. The zero-order chi connectivity index (χ0) is 18.1. The molecule has 4 aromatic rings. The Morgan fingerprint density at radius 2 is 1.96 bits per heavy atom. The third-order valence-corrected chi connectivity index (χ3v) is 4.93. The molecule has 2 N–H and O–H groups in total. The molecule has 0 fully saturated rings. The number of nitrogens with zero attached hydrogens (tertiary/aromatic N) is 3. The Bertz CT molecular complexity index is 1050. The second kappa shape index (κ2) is 7.01. The minimum absolute atomic E-state index is 0.253. The van der Waals surface area contributed by atoms with Crippen LogP contribution in [0.3, 0.4) is 0 Å². The average molecular weight is 414 g/mol. The Hall–Kier alpha value is -2.51. The quantitative estimate of drug-likeness (QED) is 0.514. The molecule has 0 radical (unpaired) electrons. The molecule has 0 saturated carbocycles. The van der Waals surface area contributed by atoms with E-state index in [1.807, 2.05) is 12.1 Å². The van der Waals surface area contributed by atoms with Gasteiger partial charge in [-0.25, -0.2) is 9.37 Å². The van der Waals surface area contributed by atoms with E-state index < -0.39 is 0 Å². The van der Waals surface area contributed by atoms with E-state index >= 15 is 0 Å². The maximum Gasteiger partial charge on any atom is 0.137 e. The van der Waals surface area contributed by atoms with Gasteiger partial charge in [0.25, 0.3) is 0 Å². The number of rotatable bonds is 5. The molecule has 5 nitrogen and oxygen atoms in total. The first kappa shape index (κ1) is 16.9. The lowest BCUT2D eigenvalue weighted by Gasteiger charge is -2.08. The number of hydrogen-bond donors (Lipinski definition) is 2. The smallest absolute Gasteiger partial charge is 0.137 e. The van der Waals surface area contributed by atoms with Gasteiger partial charge in [-0.3, -0.25) is 5.10 Å². The van der Waals surface area contributed by atoms with Gasteiger partial charge in [0.1, 0.15) is 11.5 Å². The van der Waals surface area contributed by atoms with Crippen molar-refractivity contribution < 1.29 is 4.39 Å². The summed E-state index contributed by atoms with van der Waals surface area (Å²) in [5.74, 6) is -0.253. The number of fused-ring (bicyclic) bond motifs is 1. The van der Waals surface area contributed by atoms with Crippen LogP contribution in [-0.4, -0.2) is 19.6 Å². The predicted octanol–water partition coefficient (Wildman–Crippen LogP) is 4.22. The van der Waals surface area contributed by atoms with Crippen LogP contribution in [-0.2, 0) is 13.1 Å². The van der Waals surface area contributed by atoms with Gasteiger partial charge in [-0.15, -0.1) is 0 Å². The van der Waals surface area contributed by atoms with Gasteiger partial charge < -0.3 is 9.72 Å². The fourth-order valence-electron chi connectivity index (χ4n) is 2.94. The van der Waals surface area contributed by atoms with Crippen molar-refractivity contribution in [3.05, 3.63) is 76.0 Å². The minimum Gasteiger partial charge on any atom is -0.305 e. The maximum absolute atomic E-state index is 13.3. The van der Waals surface area contributed by atoms with Gasteiger partial charge in [0.2, 0.25) is 0 Å². The fraction of sp³-hybridized carbons (Fsp3) is 0.158. The summed E-state index contributed by atoms with van der Waals surface area (Å²) >= 11 is 3.47. The Morgan fingerprint density at radius 3 is 2.69 bits per heavy atom. The summed E-state index contributed by atoms with van der Waals surface area (Å²) < 4.78 is 16.3. The highest BCUT2D eigenvalue weighted by Gasteiger charge is 2.14. The van der Waals surface area contributed by atoms with E-state index in [-0.39, 0.29) is 5.82 Å². The molecule has 0 aliphatic heterocycles. The highest BCUT2D eigenvalue weighted by Crippen LogP contribution is 2.25. The van der Waals surface area contributed by atoms with E-state index in [1.165, 1.54) is 12.1 Å². The molecule has 0 atom stereocenters. The Balaban J connectivity index is 1.70. The first-order chi connectivity index (χ1) is 12.6. The summed E-state index contributed by atoms with van der Waals surface area (Å²) in [7, 11) is 0. The lowest BCUT2D eigenvalue weighted by atomic mass is 10.1. The third kappa shape index (κ3) is 3.27. The van der Waals surface area contributed by atoms with Gasteiger partial charge in [-0.2, -0.15) is 5.10 Å². The summed E-state index contributed by atoms with van der Waals surface area (Å²) in [5.41, 5.74) is 5.79. The van der Waals surface area contributed by atoms with Crippen molar-refractivity contribution in [2.45, 2.75) is 20.0 Å². The molecule has 3 heterocycles. The van der Waals surface area contributed by atoms with Gasteiger partial charge in [0.15, 0.2) is 0 Å². The Labute approximate surface area is 158 Å². The van der Waals surface area contributed by atoms with Crippen LogP contribution in [0.2, 0.25) is 0 Å². The van der Waals surface area contributed by atoms with Crippen molar-refractivity contribution in [1.82, 2.24) is 24.9 Å². The minimum atomic E-state index is -0.253. The van der Waals surface area contributed by atoms with Crippen LogP contribution >= 0.6 is 15.9 Å². The summed E-state index contributed by atoms with van der Waals surface area (Å²) in [6.07, 6.45) is 3.80. The van der Waals surface area contributed by atoms with Crippen LogP contribution in [0, 0.1) is 12.7 Å². The monoisotopic (exact) mass is 413 g/mol. The van der Waals surface area contributed by atoms with Crippen LogP contribution < -0.4 is 5.32 Å². The molecular weight excluding hydrogens is 397 g/mol. The average Bonchev–Trinajstić information content (AvgIpc) is 3.20. The molecule has 3 aromatic heterocycles. The van der Waals surface area contributed by atoms with E-state index in [9.17, 15) is 4.39 Å². The van der Waals surface area contributed by atoms with Crippen molar-refractivity contribution >= 4 is 21.6 Å². The van der Waals surface area contributed by atoms with Crippen LogP contribution in [0.25, 0.3) is 16.9 Å². The number of aromatic nitrogens is 4. The molecule has 7 heteroatoms. The van der Waals surface area contributed by atoms with Gasteiger partial charge in [-0.1, -0.05) is 6.07 Å².